The monoisotopic (exact) mass is 248 g/mol. The Bertz CT molecular complexity index is 316. The lowest BCUT2D eigenvalue weighted by Crippen LogP contribution is -2.07. The molecule has 0 amide bonds. The molecule has 0 radical (unpaired) electrons. The molecule has 0 unspecified atom stereocenters. The van der Waals surface area contributed by atoms with Gasteiger partial charge in [-0.15, -0.1) is 0 Å². The zero-order chi connectivity index (χ0) is 9.14. The van der Waals surface area contributed by atoms with Crippen molar-refractivity contribution in [1.82, 2.24) is 0 Å². The van der Waals surface area contributed by atoms with Crippen LogP contribution in [0.2, 0.25) is 0 Å². The molecule has 0 aromatic heterocycles. The van der Waals surface area contributed by atoms with Crippen LogP contribution in [0.3, 0.4) is 0 Å². The van der Waals surface area contributed by atoms with Gasteiger partial charge in [-0.1, -0.05) is 0 Å². The first-order chi connectivity index (χ1) is 5.65. The summed E-state index contributed by atoms with van der Waals surface area (Å²) in [6.45, 7) is 0. The fourth-order valence-electron chi connectivity index (χ4n) is 0.766. The zero-order valence-corrected chi connectivity index (χ0v) is 8.32. The number of rotatable bonds is 2. The third kappa shape index (κ3) is 1.97. The molecule has 1 aromatic carbocycles. The van der Waals surface area contributed by atoms with Crippen molar-refractivity contribution in [2.45, 2.75) is 0 Å². The van der Waals surface area contributed by atoms with Crippen molar-refractivity contribution in [3.8, 4) is 0 Å². The van der Waals surface area contributed by atoms with Gasteiger partial charge in [0.1, 0.15) is 0 Å². The van der Waals surface area contributed by atoms with Crippen LogP contribution in [0, 0.1) is 0 Å². The number of halogens is 2. The molecule has 3 N–H and O–H groups in total. The second kappa shape index (κ2) is 3.89. The zero-order valence-electron chi connectivity index (χ0n) is 5.97. The molecular weight excluding hydrogens is 243 g/mol. The average molecular weight is 249 g/mol. The van der Waals surface area contributed by atoms with Crippen molar-refractivity contribution in [2.75, 3.05) is 5.43 Å². The fourth-order valence-corrected chi connectivity index (χ4v) is 1.46. The van der Waals surface area contributed by atoms with Gasteiger partial charge in [0, 0.05) is 10.2 Å². The van der Waals surface area contributed by atoms with Crippen molar-refractivity contribution >= 4 is 38.5 Å². The number of nitrogens with one attached hydrogen (secondary N) is 1. The normalized spacial score (nSPS) is 9.58. The van der Waals surface area contributed by atoms with Gasteiger partial charge in [-0.25, -0.2) is 0 Å². The minimum atomic E-state index is -0.515. The fraction of sp³-hybridized carbons (Fsp3) is 0. The van der Waals surface area contributed by atoms with Gasteiger partial charge in [-0.05, 0) is 45.7 Å². The van der Waals surface area contributed by atoms with Crippen LogP contribution < -0.4 is 11.3 Å². The largest absolute Gasteiger partial charge is 0.324 e. The van der Waals surface area contributed by atoms with E-state index in [1.54, 1.807) is 18.2 Å². The lowest BCUT2D eigenvalue weighted by molar-refractivity contribution is 0.108. The van der Waals surface area contributed by atoms with Gasteiger partial charge in [0.05, 0.1) is 5.56 Å². The van der Waals surface area contributed by atoms with Gasteiger partial charge in [-0.2, -0.15) is 0 Å². The highest BCUT2D eigenvalue weighted by Gasteiger charge is 2.06. The molecule has 5 heteroatoms. The Balaban J connectivity index is 3.17. The van der Waals surface area contributed by atoms with E-state index in [-0.39, 0.29) is 0 Å². The molecule has 0 atom stereocenters. The number of hydrazine groups is 1. The highest BCUT2D eigenvalue weighted by atomic mass is 79.9. The van der Waals surface area contributed by atoms with E-state index in [0.717, 1.165) is 0 Å². The molecule has 0 aliphatic rings. The van der Waals surface area contributed by atoms with Crippen LogP contribution in [0.25, 0.3) is 0 Å². The quantitative estimate of drug-likeness (QED) is 0.479. The van der Waals surface area contributed by atoms with Crippen LogP contribution in [-0.4, -0.2) is 5.24 Å². The van der Waals surface area contributed by atoms with Crippen molar-refractivity contribution < 1.29 is 4.79 Å². The Morgan fingerprint density at radius 3 is 2.75 bits per heavy atom. The molecule has 0 saturated carbocycles. The summed E-state index contributed by atoms with van der Waals surface area (Å²) < 4.78 is 0.654. The molecule has 0 spiro atoms. The van der Waals surface area contributed by atoms with E-state index in [4.69, 9.17) is 17.4 Å². The van der Waals surface area contributed by atoms with Crippen LogP contribution >= 0.6 is 27.5 Å². The minimum absolute atomic E-state index is 0.395. The maximum Gasteiger partial charge on any atom is 0.253 e. The molecule has 3 nitrogen and oxygen atoms in total. The number of carbonyl (C=O) groups excluding carboxylic acids is 1. The van der Waals surface area contributed by atoms with Gasteiger partial charge in [0.2, 0.25) is 0 Å². The minimum Gasteiger partial charge on any atom is -0.324 e. The van der Waals surface area contributed by atoms with Crippen LogP contribution in [0.5, 0.6) is 0 Å². The van der Waals surface area contributed by atoms with E-state index >= 15 is 0 Å². The third-order valence-corrected chi connectivity index (χ3v) is 2.24. The van der Waals surface area contributed by atoms with Crippen molar-refractivity contribution in [2.24, 2.45) is 5.84 Å². The predicted molar refractivity (Wildman–Crippen MR) is 52.1 cm³/mol. The molecule has 64 valence electrons. The second-order valence-corrected chi connectivity index (χ2v) is 3.31. The first-order valence-corrected chi connectivity index (χ1v) is 4.28. The lowest BCUT2D eigenvalue weighted by atomic mass is 10.2. The summed E-state index contributed by atoms with van der Waals surface area (Å²) in [6.07, 6.45) is 0. The Kier molecular flexibility index (Phi) is 3.08. The Labute approximate surface area is 83.0 Å². The summed E-state index contributed by atoms with van der Waals surface area (Å²) in [5.41, 5.74) is 3.45. The average Bonchev–Trinajstić information content (AvgIpc) is 2.05. The van der Waals surface area contributed by atoms with E-state index in [1.807, 2.05) is 0 Å². The summed E-state index contributed by atoms with van der Waals surface area (Å²) in [6, 6.07) is 5.00. The first kappa shape index (κ1) is 9.51. The first-order valence-electron chi connectivity index (χ1n) is 3.11. The van der Waals surface area contributed by atoms with Crippen molar-refractivity contribution in [3.05, 3.63) is 28.2 Å². The highest BCUT2D eigenvalue weighted by Crippen LogP contribution is 2.21. The molecular formula is C7H6BrClN2O. The summed E-state index contributed by atoms with van der Waals surface area (Å²) in [4.78, 5) is 10.8. The highest BCUT2D eigenvalue weighted by molar-refractivity contribution is 9.10. The number of nitrogen functional groups attached to an aromatic ring is 1. The van der Waals surface area contributed by atoms with Gasteiger partial charge >= 0.3 is 0 Å². The molecule has 0 saturated heterocycles. The standard InChI is InChI=1S/C7H6BrClN2O/c8-6-2-1-4(11-10)3-5(6)7(9)12/h1-3,11H,10H2. The molecule has 0 aliphatic heterocycles. The lowest BCUT2D eigenvalue weighted by Gasteiger charge is -2.02. The molecule has 1 rings (SSSR count). The van der Waals surface area contributed by atoms with E-state index in [1.165, 1.54) is 0 Å². The topological polar surface area (TPSA) is 55.1 Å². The van der Waals surface area contributed by atoms with E-state index < -0.39 is 5.24 Å². The van der Waals surface area contributed by atoms with Gasteiger partial charge in [0.25, 0.3) is 5.24 Å². The summed E-state index contributed by atoms with van der Waals surface area (Å²) in [5.74, 6) is 5.15. The van der Waals surface area contributed by atoms with Crippen LogP contribution in [0.4, 0.5) is 5.69 Å². The third-order valence-electron chi connectivity index (χ3n) is 1.34. The molecule has 0 heterocycles. The van der Waals surface area contributed by atoms with Crippen LogP contribution in [-0.2, 0) is 0 Å². The number of nitrogens with two attached hydrogens (primary N) is 1. The Hall–Kier alpha value is -0.580. The summed E-state index contributed by atoms with van der Waals surface area (Å²) >= 11 is 8.49. The second-order valence-electron chi connectivity index (χ2n) is 2.11. The van der Waals surface area contributed by atoms with Crippen LogP contribution in [0.1, 0.15) is 10.4 Å². The maximum absolute atomic E-state index is 10.8. The molecule has 0 aliphatic carbocycles. The van der Waals surface area contributed by atoms with E-state index in [0.29, 0.717) is 15.7 Å². The van der Waals surface area contributed by atoms with Gasteiger partial charge < -0.3 is 5.43 Å². The van der Waals surface area contributed by atoms with E-state index in [9.17, 15) is 4.79 Å². The number of benzene rings is 1. The SMILES string of the molecule is NNc1ccc(Br)c(C(=O)Cl)c1. The summed E-state index contributed by atoms with van der Waals surface area (Å²) in [5, 5.41) is -0.515. The smallest absolute Gasteiger partial charge is 0.253 e. The number of carbonyl (C=O) groups is 1. The maximum atomic E-state index is 10.8. The van der Waals surface area contributed by atoms with Crippen molar-refractivity contribution in [3.63, 3.8) is 0 Å². The number of anilines is 1. The number of hydrogen-bond acceptors (Lipinski definition) is 3. The molecule has 1 aromatic rings. The van der Waals surface area contributed by atoms with Gasteiger partial charge in [0.15, 0.2) is 0 Å². The molecule has 0 bridgehead atoms. The Morgan fingerprint density at radius 2 is 2.25 bits per heavy atom. The summed E-state index contributed by atoms with van der Waals surface area (Å²) in [7, 11) is 0. The number of hydrogen-bond donors (Lipinski definition) is 2. The van der Waals surface area contributed by atoms with Crippen LogP contribution in [0.15, 0.2) is 22.7 Å². The van der Waals surface area contributed by atoms with Crippen molar-refractivity contribution in [1.29, 1.82) is 0 Å². The van der Waals surface area contributed by atoms with Gasteiger partial charge in [-0.3, -0.25) is 10.6 Å². The molecule has 0 fully saturated rings. The van der Waals surface area contributed by atoms with E-state index in [2.05, 4.69) is 21.4 Å². The Morgan fingerprint density at radius 1 is 1.58 bits per heavy atom. The molecule has 12 heavy (non-hydrogen) atoms. The predicted octanol–water partition coefficient (Wildman–Crippen LogP) is 2.11.